The zero-order valence-corrected chi connectivity index (χ0v) is 11.4. The highest BCUT2D eigenvalue weighted by Gasteiger charge is 2.12. The molecule has 1 aromatic heterocycles. The summed E-state index contributed by atoms with van der Waals surface area (Å²) in [5.74, 6) is -1.39. The largest absolute Gasteiger partial charge is 0.486 e. The number of ether oxygens (including phenoxy) is 1. The maximum absolute atomic E-state index is 13.5. The van der Waals surface area contributed by atoms with E-state index in [1.807, 2.05) is 0 Å². The monoisotopic (exact) mass is 330 g/mol. The number of rotatable bonds is 4. The van der Waals surface area contributed by atoms with Crippen LogP contribution in [0.1, 0.15) is 15.2 Å². The molecule has 94 valence electrons. The van der Waals surface area contributed by atoms with E-state index in [1.165, 1.54) is 12.1 Å². The minimum absolute atomic E-state index is 0.0314. The van der Waals surface area contributed by atoms with Gasteiger partial charge in [0.05, 0.1) is 0 Å². The summed E-state index contributed by atoms with van der Waals surface area (Å²) in [5.41, 5.74) is 0.537. The maximum Gasteiger partial charge on any atom is 0.346 e. The van der Waals surface area contributed by atoms with E-state index < -0.39 is 11.8 Å². The number of thiophene rings is 1. The van der Waals surface area contributed by atoms with E-state index >= 15 is 0 Å². The lowest BCUT2D eigenvalue weighted by Gasteiger charge is -2.07. The Balaban J connectivity index is 2.11. The second-order valence-corrected chi connectivity index (χ2v) is 5.28. The molecule has 0 fully saturated rings. The van der Waals surface area contributed by atoms with Crippen LogP contribution in [0.2, 0.25) is 0 Å². The highest BCUT2D eigenvalue weighted by atomic mass is 79.9. The fraction of sp³-hybridized carbons (Fsp3) is 0.0833. The molecule has 6 heteroatoms. The molecule has 1 aromatic carbocycles. The molecule has 0 aliphatic heterocycles. The van der Waals surface area contributed by atoms with E-state index in [0.717, 1.165) is 11.3 Å². The normalized spacial score (nSPS) is 10.3. The van der Waals surface area contributed by atoms with Gasteiger partial charge in [-0.15, -0.1) is 11.3 Å². The first-order valence-corrected chi connectivity index (χ1v) is 6.62. The fourth-order valence-electron chi connectivity index (χ4n) is 1.38. The van der Waals surface area contributed by atoms with Crippen LogP contribution in [-0.4, -0.2) is 11.1 Å². The number of hydrogen-bond donors (Lipinski definition) is 1. The minimum Gasteiger partial charge on any atom is -0.486 e. The lowest BCUT2D eigenvalue weighted by atomic mass is 10.2. The van der Waals surface area contributed by atoms with Crippen molar-refractivity contribution in [2.45, 2.75) is 6.61 Å². The highest BCUT2D eigenvalue weighted by Crippen LogP contribution is 2.24. The van der Waals surface area contributed by atoms with Crippen molar-refractivity contribution in [3.05, 3.63) is 50.4 Å². The summed E-state index contributed by atoms with van der Waals surface area (Å²) in [4.78, 5) is 11.1. The molecule has 0 atom stereocenters. The first-order chi connectivity index (χ1) is 8.58. The van der Waals surface area contributed by atoms with Gasteiger partial charge in [0.25, 0.3) is 0 Å². The Morgan fingerprint density at radius 2 is 2.22 bits per heavy atom. The Bertz CT molecular complexity index is 582. The molecule has 2 rings (SSSR count). The fourth-order valence-corrected chi connectivity index (χ4v) is 2.47. The molecule has 3 nitrogen and oxygen atoms in total. The van der Waals surface area contributed by atoms with Crippen molar-refractivity contribution >= 4 is 33.2 Å². The number of carboxylic acids is 1. The second-order valence-electron chi connectivity index (χ2n) is 3.44. The van der Waals surface area contributed by atoms with Gasteiger partial charge in [-0.3, -0.25) is 0 Å². The average Bonchev–Trinajstić information content (AvgIpc) is 2.76. The minimum atomic E-state index is -1.00. The zero-order chi connectivity index (χ0) is 13.1. The molecule has 0 amide bonds. The van der Waals surface area contributed by atoms with Gasteiger partial charge in [-0.25, -0.2) is 9.18 Å². The van der Waals surface area contributed by atoms with Gasteiger partial charge in [0.1, 0.15) is 11.5 Å². The van der Waals surface area contributed by atoms with Crippen LogP contribution in [0.5, 0.6) is 5.75 Å². The van der Waals surface area contributed by atoms with Crippen LogP contribution in [0.25, 0.3) is 0 Å². The van der Waals surface area contributed by atoms with Crippen LogP contribution in [0.3, 0.4) is 0 Å². The molecule has 0 bridgehead atoms. The Hall–Kier alpha value is -1.40. The van der Waals surface area contributed by atoms with E-state index in [2.05, 4.69) is 15.9 Å². The first kappa shape index (κ1) is 13.0. The van der Waals surface area contributed by atoms with Crippen LogP contribution in [0.4, 0.5) is 4.39 Å². The maximum atomic E-state index is 13.5. The third-order valence-corrected chi connectivity index (χ3v) is 3.66. The third kappa shape index (κ3) is 2.88. The van der Waals surface area contributed by atoms with Crippen LogP contribution in [0, 0.1) is 5.82 Å². The van der Waals surface area contributed by atoms with Gasteiger partial charge in [0, 0.05) is 10.0 Å². The number of benzene rings is 1. The summed E-state index contributed by atoms with van der Waals surface area (Å²) in [6, 6.07) is 6.10. The topological polar surface area (TPSA) is 46.5 Å². The molecule has 0 radical (unpaired) electrons. The number of carbonyl (C=O) groups is 1. The molecule has 1 N–H and O–H groups in total. The van der Waals surface area contributed by atoms with Crippen LogP contribution in [-0.2, 0) is 6.61 Å². The number of aromatic carboxylic acids is 1. The molecule has 0 aliphatic rings. The summed E-state index contributed by atoms with van der Waals surface area (Å²) in [6.07, 6.45) is 0. The quantitative estimate of drug-likeness (QED) is 0.923. The lowest BCUT2D eigenvalue weighted by Crippen LogP contribution is -2.02. The molecule has 0 saturated heterocycles. The van der Waals surface area contributed by atoms with Gasteiger partial charge in [-0.2, -0.15) is 0 Å². The third-order valence-electron chi connectivity index (χ3n) is 2.22. The number of carboxylic acid groups (broad SMARTS) is 1. The van der Waals surface area contributed by atoms with Gasteiger partial charge < -0.3 is 9.84 Å². The Kier molecular flexibility index (Phi) is 3.98. The van der Waals surface area contributed by atoms with Crippen LogP contribution < -0.4 is 4.74 Å². The van der Waals surface area contributed by atoms with Gasteiger partial charge in [0.15, 0.2) is 11.6 Å². The SMILES string of the molecule is O=C(O)c1sccc1COc1ccc(Br)cc1F. The number of halogens is 2. The molecule has 0 unspecified atom stereocenters. The van der Waals surface area contributed by atoms with Crippen molar-refractivity contribution in [1.29, 1.82) is 0 Å². The second kappa shape index (κ2) is 5.49. The Morgan fingerprint density at radius 3 is 2.89 bits per heavy atom. The average molecular weight is 331 g/mol. The summed E-state index contributed by atoms with van der Waals surface area (Å²) in [5, 5.41) is 10.6. The van der Waals surface area contributed by atoms with Crippen LogP contribution >= 0.6 is 27.3 Å². The smallest absolute Gasteiger partial charge is 0.346 e. The molecule has 0 saturated carbocycles. The summed E-state index contributed by atoms with van der Waals surface area (Å²) >= 11 is 4.26. The van der Waals surface area contributed by atoms with Crippen molar-refractivity contribution in [2.75, 3.05) is 0 Å². The van der Waals surface area contributed by atoms with E-state index in [1.54, 1.807) is 17.5 Å². The van der Waals surface area contributed by atoms with Gasteiger partial charge in [-0.1, -0.05) is 15.9 Å². The van der Waals surface area contributed by atoms with Crippen molar-refractivity contribution in [2.24, 2.45) is 0 Å². The predicted octanol–water partition coefficient (Wildman–Crippen LogP) is 3.93. The van der Waals surface area contributed by atoms with Gasteiger partial charge >= 0.3 is 5.97 Å². The Morgan fingerprint density at radius 1 is 1.44 bits per heavy atom. The van der Waals surface area contributed by atoms with Crippen molar-refractivity contribution in [1.82, 2.24) is 0 Å². The van der Waals surface area contributed by atoms with E-state index in [0.29, 0.717) is 10.0 Å². The first-order valence-electron chi connectivity index (χ1n) is 4.95. The molecule has 2 aromatic rings. The van der Waals surface area contributed by atoms with Crippen molar-refractivity contribution in [3.8, 4) is 5.75 Å². The van der Waals surface area contributed by atoms with E-state index in [-0.39, 0.29) is 17.2 Å². The van der Waals surface area contributed by atoms with Crippen molar-refractivity contribution in [3.63, 3.8) is 0 Å². The molecule has 0 aliphatic carbocycles. The van der Waals surface area contributed by atoms with Gasteiger partial charge in [-0.05, 0) is 29.6 Å². The molecule has 0 spiro atoms. The van der Waals surface area contributed by atoms with Crippen molar-refractivity contribution < 1.29 is 19.0 Å². The van der Waals surface area contributed by atoms with E-state index in [4.69, 9.17) is 9.84 Å². The summed E-state index contributed by atoms with van der Waals surface area (Å²) in [6.45, 7) is 0.0314. The molecule has 18 heavy (non-hydrogen) atoms. The molecule has 1 heterocycles. The van der Waals surface area contributed by atoms with E-state index in [9.17, 15) is 9.18 Å². The standard InChI is InChI=1S/C12H8BrFO3S/c13-8-1-2-10(9(14)5-8)17-6-7-3-4-18-11(7)12(15)16/h1-5H,6H2,(H,15,16). The van der Waals surface area contributed by atoms with Gasteiger partial charge in [0.2, 0.25) is 0 Å². The Labute approximate surface area is 115 Å². The molecular weight excluding hydrogens is 323 g/mol. The van der Waals surface area contributed by atoms with Crippen LogP contribution in [0.15, 0.2) is 34.1 Å². The lowest BCUT2D eigenvalue weighted by molar-refractivity contribution is 0.0699. The predicted molar refractivity (Wildman–Crippen MR) is 69.7 cm³/mol. The molecular formula is C12H8BrFO3S. The number of hydrogen-bond acceptors (Lipinski definition) is 3. The summed E-state index contributed by atoms with van der Waals surface area (Å²) < 4.78 is 19.4. The zero-order valence-electron chi connectivity index (χ0n) is 9.02. The highest BCUT2D eigenvalue weighted by molar-refractivity contribution is 9.10. The summed E-state index contributed by atoms with van der Waals surface area (Å²) in [7, 11) is 0.